The molecule has 1 unspecified atom stereocenters. The quantitative estimate of drug-likeness (QED) is 0.243. The standard InChI is InChI=1S/C29H26F3NO5/c1-18-27(25(36-2)17-37-16-20-4-3-5-24(14-20)29(30,31)32)28(38-33-18)23-12-10-22(11-13-23)21-8-6-19(7-9-21)15-26(34)35/h3-14,25H,15-17H2,1-2H3,(H,34,35). The van der Waals surface area contributed by atoms with Crippen LogP contribution in [-0.2, 0) is 33.5 Å². The van der Waals surface area contributed by atoms with Crippen molar-refractivity contribution in [1.82, 2.24) is 5.16 Å². The highest BCUT2D eigenvalue weighted by atomic mass is 19.4. The summed E-state index contributed by atoms with van der Waals surface area (Å²) in [4.78, 5) is 10.9. The van der Waals surface area contributed by atoms with Crippen LogP contribution in [0.4, 0.5) is 13.2 Å². The van der Waals surface area contributed by atoms with Crippen molar-refractivity contribution >= 4 is 5.97 Å². The molecule has 0 aliphatic heterocycles. The predicted molar refractivity (Wildman–Crippen MR) is 134 cm³/mol. The number of nitrogens with zero attached hydrogens (tertiary/aromatic N) is 1. The number of carboxylic acids is 1. The van der Waals surface area contributed by atoms with Crippen LogP contribution in [0.5, 0.6) is 0 Å². The monoisotopic (exact) mass is 525 g/mol. The summed E-state index contributed by atoms with van der Waals surface area (Å²) in [7, 11) is 1.52. The molecule has 0 aliphatic carbocycles. The summed E-state index contributed by atoms with van der Waals surface area (Å²) in [6, 6.07) is 20.0. The largest absolute Gasteiger partial charge is 0.481 e. The molecule has 0 spiro atoms. The van der Waals surface area contributed by atoms with Gasteiger partial charge in [-0.05, 0) is 41.3 Å². The van der Waals surface area contributed by atoms with Gasteiger partial charge in [-0.25, -0.2) is 0 Å². The van der Waals surface area contributed by atoms with Crippen LogP contribution in [0.2, 0.25) is 0 Å². The van der Waals surface area contributed by atoms with Crippen LogP contribution in [0.3, 0.4) is 0 Å². The highest BCUT2D eigenvalue weighted by Gasteiger charge is 2.30. The number of carbonyl (C=O) groups is 1. The second-order valence-corrected chi connectivity index (χ2v) is 8.79. The molecule has 0 saturated heterocycles. The minimum Gasteiger partial charge on any atom is -0.481 e. The first kappa shape index (κ1) is 27.1. The lowest BCUT2D eigenvalue weighted by Crippen LogP contribution is -2.12. The Morgan fingerprint density at radius 3 is 2.21 bits per heavy atom. The van der Waals surface area contributed by atoms with E-state index in [4.69, 9.17) is 19.1 Å². The van der Waals surface area contributed by atoms with Crippen molar-refractivity contribution in [3.05, 3.63) is 101 Å². The summed E-state index contributed by atoms with van der Waals surface area (Å²) in [5, 5.41) is 13.0. The van der Waals surface area contributed by atoms with Crippen molar-refractivity contribution in [2.45, 2.75) is 32.2 Å². The molecule has 0 radical (unpaired) electrons. The van der Waals surface area contributed by atoms with Crippen LogP contribution >= 0.6 is 0 Å². The van der Waals surface area contributed by atoms with Gasteiger partial charge in [0, 0.05) is 12.7 Å². The Hall–Kier alpha value is -3.95. The number of aliphatic carboxylic acids is 1. The fourth-order valence-electron chi connectivity index (χ4n) is 4.16. The van der Waals surface area contributed by atoms with Gasteiger partial charge in [0.15, 0.2) is 5.76 Å². The molecule has 6 nitrogen and oxygen atoms in total. The van der Waals surface area contributed by atoms with Crippen molar-refractivity contribution in [2.24, 2.45) is 0 Å². The molecular weight excluding hydrogens is 499 g/mol. The van der Waals surface area contributed by atoms with Crippen LogP contribution in [0.15, 0.2) is 77.3 Å². The SMILES string of the molecule is COC(COCc1cccc(C(F)(F)F)c1)c1c(C)noc1-c1ccc(-c2ccc(CC(=O)O)cc2)cc1. The van der Waals surface area contributed by atoms with E-state index < -0.39 is 23.8 Å². The van der Waals surface area contributed by atoms with Gasteiger partial charge in [0.05, 0.1) is 36.5 Å². The Labute approximate surface area is 217 Å². The van der Waals surface area contributed by atoms with E-state index in [0.29, 0.717) is 22.6 Å². The van der Waals surface area contributed by atoms with E-state index >= 15 is 0 Å². The normalized spacial score (nSPS) is 12.4. The number of benzene rings is 3. The van der Waals surface area contributed by atoms with Crippen molar-refractivity contribution in [1.29, 1.82) is 0 Å². The molecule has 1 N–H and O–H groups in total. The van der Waals surface area contributed by atoms with Crippen molar-refractivity contribution in [3.8, 4) is 22.5 Å². The van der Waals surface area contributed by atoms with Gasteiger partial charge < -0.3 is 19.1 Å². The lowest BCUT2D eigenvalue weighted by molar-refractivity contribution is -0.138. The molecule has 4 aromatic rings. The van der Waals surface area contributed by atoms with E-state index in [2.05, 4.69) is 5.16 Å². The Bertz CT molecular complexity index is 1380. The number of aryl methyl sites for hydroxylation is 1. The maximum atomic E-state index is 13.0. The molecule has 1 atom stereocenters. The third-order valence-electron chi connectivity index (χ3n) is 6.10. The molecule has 0 saturated carbocycles. The average molecular weight is 526 g/mol. The molecular formula is C29H26F3NO5. The number of ether oxygens (including phenoxy) is 2. The molecule has 38 heavy (non-hydrogen) atoms. The number of aromatic nitrogens is 1. The zero-order valence-electron chi connectivity index (χ0n) is 20.8. The van der Waals surface area contributed by atoms with Gasteiger partial charge in [-0.1, -0.05) is 65.8 Å². The molecule has 0 fully saturated rings. The second-order valence-electron chi connectivity index (χ2n) is 8.79. The molecule has 4 rings (SSSR count). The van der Waals surface area contributed by atoms with Crippen molar-refractivity contribution in [2.75, 3.05) is 13.7 Å². The summed E-state index contributed by atoms with van der Waals surface area (Å²) in [5.41, 5.74) is 4.38. The van der Waals surface area contributed by atoms with Crippen LogP contribution in [-0.4, -0.2) is 29.9 Å². The Balaban J connectivity index is 1.47. The minimum atomic E-state index is -4.42. The smallest absolute Gasteiger partial charge is 0.416 e. The first-order valence-electron chi connectivity index (χ1n) is 11.8. The van der Waals surface area contributed by atoms with Gasteiger partial charge in [0.25, 0.3) is 0 Å². The minimum absolute atomic E-state index is 0.0105. The Kier molecular flexibility index (Phi) is 8.29. The van der Waals surface area contributed by atoms with Crippen LogP contribution in [0.25, 0.3) is 22.5 Å². The van der Waals surface area contributed by atoms with Crippen LogP contribution < -0.4 is 0 Å². The molecule has 1 heterocycles. The van der Waals surface area contributed by atoms with E-state index in [-0.39, 0.29) is 19.6 Å². The molecule has 198 valence electrons. The van der Waals surface area contributed by atoms with Crippen molar-refractivity contribution < 1.29 is 37.1 Å². The number of alkyl halides is 3. The summed E-state index contributed by atoms with van der Waals surface area (Å²) in [5.74, 6) is -0.365. The fraction of sp³-hybridized carbons (Fsp3) is 0.241. The second kappa shape index (κ2) is 11.6. The first-order valence-corrected chi connectivity index (χ1v) is 11.8. The molecule has 0 aliphatic rings. The average Bonchev–Trinajstić information content (AvgIpc) is 3.27. The number of rotatable bonds is 10. The number of halogens is 3. The van der Waals surface area contributed by atoms with E-state index in [9.17, 15) is 18.0 Å². The molecule has 9 heteroatoms. The van der Waals surface area contributed by atoms with E-state index in [0.717, 1.165) is 34.4 Å². The Morgan fingerprint density at radius 2 is 1.61 bits per heavy atom. The zero-order chi connectivity index (χ0) is 27.3. The maximum Gasteiger partial charge on any atom is 0.416 e. The number of hydrogen-bond donors (Lipinski definition) is 1. The topological polar surface area (TPSA) is 81.8 Å². The number of hydrogen-bond acceptors (Lipinski definition) is 5. The van der Waals surface area contributed by atoms with Gasteiger partial charge >= 0.3 is 12.1 Å². The maximum absolute atomic E-state index is 13.0. The van der Waals surface area contributed by atoms with E-state index in [1.54, 1.807) is 25.1 Å². The zero-order valence-corrected chi connectivity index (χ0v) is 20.8. The predicted octanol–water partition coefficient (Wildman–Crippen LogP) is 6.87. The van der Waals surface area contributed by atoms with Gasteiger partial charge in [-0.15, -0.1) is 0 Å². The lowest BCUT2D eigenvalue weighted by atomic mass is 9.98. The third-order valence-corrected chi connectivity index (χ3v) is 6.10. The van der Waals surface area contributed by atoms with Crippen molar-refractivity contribution in [3.63, 3.8) is 0 Å². The highest BCUT2D eigenvalue weighted by molar-refractivity contribution is 5.72. The van der Waals surface area contributed by atoms with Crippen LogP contribution in [0, 0.1) is 6.92 Å². The van der Waals surface area contributed by atoms with Gasteiger partial charge in [0.2, 0.25) is 0 Å². The lowest BCUT2D eigenvalue weighted by Gasteiger charge is -2.17. The summed E-state index contributed by atoms with van der Waals surface area (Å²) >= 11 is 0. The van der Waals surface area contributed by atoms with Gasteiger partial charge in [-0.3, -0.25) is 4.79 Å². The number of carboxylic acid groups (broad SMARTS) is 1. The third kappa shape index (κ3) is 6.48. The first-order chi connectivity index (χ1) is 18.2. The van der Waals surface area contributed by atoms with Crippen LogP contribution in [0.1, 0.15) is 34.1 Å². The van der Waals surface area contributed by atoms with Gasteiger partial charge in [0.1, 0.15) is 6.10 Å². The summed E-state index contributed by atoms with van der Waals surface area (Å²) < 4.78 is 55.9. The molecule has 1 aromatic heterocycles. The molecule has 0 bridgehead atoms. The molecule has 0 amide bonds. The number of methoxy groups -OCH3 is 1. The summed E-state index contributed by atoms with van der Waals surface area (Å²) in [6.45, 7) is 1.86. The fourth-order valence-corrected chi connectivity index (χ4v) is 4.16. The molecule has 3 aromatic carbocycles. The highest BCUT2D eigenvalue weighted by Crippen LogP contribution is 2.34. The van der Waals surface area contributed by atoms with E-state index in [1.807, 2.05) is 36.4 Å². The van der Waals surface area contributed by atoms with E-state index in [1.165, 1.54) is 13.2 Å². The van der Waals surface area contributed by atoms with Gasteiger partial charge in [-0.2, -0.15) is 13.2 Å². The summed E-state index contributed by atoms with van der Waals surface area (Å²) in [6.07, 6.45) is -5.00. The Morgan fingerprint density at radius 1 is 0.974 bits per heavy atom.